The molecular weight excluding hydrogens is 482 g/mol. The average molecular weight is 516 g/mol. The van der Waals surface area contributed by atoms with E-state index >= 15 is 0 Å². The van der Waals surface area contributed by atoms with E-state index in [1.54, 1.807) is 29.5 Å². The second-order valence-corrected chi connectivity index (χ2v) is 12.2. The van der Waals surface area contributed by atoms with Crippen LogP contribution in [0.25, 0.3) is 21.3 Å². The summed E-state index contributed by atoms with van der Waals surface area (Å²) in [6, 6.07) is 13.4. The molecule has 1 aliphatic heterocycles. The van der Waals surface area contributed by atoms with E-state index in [1.165, 1.54) is 6.26 Å². The molecular formula is C25H33N5O3S2. The summed E-state index contributed by atoms with van der Waals surface area (Å²) >= 11 is 1.55. The lowest BCUT2D eigenvalue weighted by Gasteiger charge is -2.37. The van der Waals surface area contributed by atoms with Gasteiger partial charge in [-0.25, -0.2) is 13.4 Å². The van der Waals surface area contributed by atoms with Gasteiger partial charge in [-0.15, -0.1) is 0 Å². The number of hydrogen-bond acceptors (Lipinski definition) is 8. The van der Waals surface area contributed by atoms with Crippen molar-refractivity contribution in [2.75, 3.05) is 51.0 Å². The van der Waals surface area contributed by atoms with Gasteiger partial charge >= 0.3 is 0 Å². The van der Waals surface area contributed by atoms with Crippen molar-refractivity contribution >= 4 is 42.4 Å². The Balaban J connectivity index is 1.27. The summed E-state index contributed by atoms with van der Waals surface area (Å²) in [5.41, 5.74) is 2.69. The number of hydrogen-bond donors (Lipinski definition) is 2. The largest absolute Gasteiger partial charge is 0.349 e. The first-order valence-electron chi connectivity index (χ1n) is 11.9. The van der Waals surface area contributed by atoms with Crippen LogP contribution in [0.3, 0.4) is 0 Å². The number of carbonyl (C=O) groups is 1. The fourth-order valence-corrected chi connectivity index (χ4v) is 5.72. The van der Waals surface area contributed by atoms with Crippen molar-refractivity contribution in [1.82, 2.24) is 20.1 Å². The quantitative estimate of drug-likeness (QED) is 0.334. The molecule has 0 unspecified atom stereocenters. The van der Waals surface area contributed by atoms with Crippen molar-refractivity contribution in [2.24, 2.45) is 0 Å². The molecule has 1 aliphatic rings. The van der Waals surface area contributed by atoms with Crippen molar-refractivity contribution < 1.29 is 13.2 Å². The van der Waals surface area contributed by atoms with Gasteiger partial charge < -0.3 is 10.2 Å². The Bertz CT molecular complexity index is 1280. The maximum Gasteiger partial charge on any atom is 0.223 e. The summed E-state index contributed by atoms with van der Waals surface area (Å²) in [6.07, 6.45) is 1.70. The molecule has 3 aromatic rings. The SMILES string of the molecule is CC(C)N1CCN(C(=O)CCNCNc2nc3ccc(-c4cccc(S(C)(=O)=O)c4)cc3s2)CC1. The van der Waals surface area contributed by atoms with E-state index in [-0.39, 0.29) is 5.91 Å². The molecule has 0 bridgehead atoms. The minimum atomic E-state index is -3.26. The van der Waals surface area contributed by atoms with Crippen LogP contribution in [-0.4, -0.2) is 80.8 Å². The third kappa shape index (κ3) is 6.58. The number of fused-ring (bicyclic) bond motifs is 1. The van der Waals surface area contributed by atoms with Crippen LogP contribution in [-0.2, 0) is 14.6 Å². The number of benzene rings is 2. The van der Waals surface area contributed by atoms with Crippen LogP contribution in [0.4, 0.5) is 5.13 Å². The van der Waals surface area contributed by atoms with Crippen LogP contribution in [0.1, 0.15) is 20.3 Å². The van der Waals surface area contributed by atoms with Gasteiger partial charge in [0.1, 0.15) is 0 Å². The molecule has 1 saturated heterocycles. The minimum Gasteiger partial charge on any atom is -0.349 e. The Morgan fingerprint density at radius 2 is 1.83 bits per heavy atom. The van der Waals surface area contributed by atoms with E-state index in [0.717, 1.165) is 52.7 Å². The number of piperazine rings is 1. The van der Waals surface area contributed by atoms with E-state index in [0.29, 0.717) is 30.6 Å². The topological polar surface area (TPSA) is 94.6 Å². The molecule has 2 N–H and O–H groups in total. The van der Waals surface area contributed by atoms with Crippen molar-refractivity contribution in [2.45, 2.75) is 31.2 Å². The van der Waals surface area contributed by atoms with Crippen molar-refractivity contribution in [1.29, 1.82) is 0 Å². The van der Waals surface area contributed by atoms with E-state index < -0.39 is 9.84 Å². The Hall–Kier alpha value is -2.53. The summed E-state index contributed by atoms with van der Waals surface area (Å²) < 4.78 is 24.8. The molecule has 188 valence electrons. The molecule has 1 fully saturated rings. The summed E-state index contributed by atoms with van der Waals surface area (Å²) in [7, 11) is -3.26. The van der Waals surface area contributed by atoms with Gasteiger partial charge in [-0.05, 0) is 49.2 Å². The average Bonchev–Trinajstić information content (AvgIpc) is 3.25. The second-order valence-electron chi connectivity index (χ2n) is 9.12. The van der Waals surface area contributed by atoms with Crippen LogP contribution in [0.2, 0.25) is 0 Å². The Kier molecular flexibility index (Phi) is 8.05. The first-order chi connectivity index (χ1) is 16.7. The third-order valence-electron chi connectivity index (χ3n) is 6.26. The number of aromatic nitrogens is 1. The zero-order valence-corrected chi connectivity index (χ0v) is 22.1. The van der Waals surface area contributed by atoms with E-state index in [4.69, 9.17) is 0 Å². The maximum atomic E-state index is 12.5. The predicted molar refractivity (Wildman–Crippen MR) is 143 cm³/mol. The monoisotopic (exact) mass is 515 g/mol. The molecule has 35 heavy (non-hydrogen) atoms. The Morgan fingerprint density at radius 3 is 2.54 bits per heavy atom. The molecule has 0 atom stereocenters. The summed E-state index contributed by atoms with van der Waals surface area (Å²) in [6.45, 7) is 9.03. The summed E-state index contributed by atoms with van der Waals surface area (Å²) in [4.78, 5) is 21.8. The smallest absolute Gasteiger partial charge is 0.223 e. The van der Waals surface area contributed by atoms with Crippen LogP contribution < -0.4 is 10.6 Å². The van der Waals surface area contributed by atoms with Gasteiger partial charge in [0.05, 0.1) is 21.8 Å². The van der Waals surface area contributed by atoms with Gasteiger partial charge in [0.15, 0.2) is 15.0 Å². The van der Waals surface area contributed by atoms with Gasteiger partial charge in [0.25, 0.3) is 0 Å². The molecule has 0 spiro atoms. The number of amides is 1. The number of carbonyl (C=O) groups excluding carboxylic acids is 1. The molecule has 0 saturated carbocycles. The predicted octanol–water partition coefficient (Wildman–Crippen LogP) is 3.27. The molecule has 0 aliphatic carbocycles. The number of thiazole rings is 1. The number of nitrogens with zero attached hydrogens (tertiary/aromatic N) is 3. The van der Waals surface area contributed by atoms with Crippen LogP contribution in [0.15, 0.2) is 47.4 Å². The molecule has 10 heteroatoms. The number of rotatable bonds is 9. The lowest BCUT2D eigenvalue weighted by molar-refractivity contribution is -0.133. The standard InChI is InChI=1S/C25H33N5O3S2/c1-18(2)29-11-13-30(14-12-29)24(31)9-10-26-17-27-25-28-22-8-7-20(16-23(22)34-25)19-5-4-6-21(15-19)35(3,32)33/h4-8,15-16,18,26H,9-14,17H2,1-3H3,(H,27,28). The number of anilines is 1. The first-order valence-corrected chi connectivity index (χ1v) is 14.6. The highest BCUT2D eigenvalue weighted by molar-refractivity contribution is 7.90. The van der Waals surface area contributed by atoms with E-state index in [9.17, 15) is 13.2 Å². The highest BCUT2D eigenvalue weighted by Crippen LogP contribution is 2.31. The molecule has 2 aromatic carbocycles. The van der Waals surface area contributed by atoms with Crippen LogP contribution in [0.5, 0.6) is 0 Å². The zero-order chi connectivity index (χ0) is 25.0. The first kappa shape index (κ1) is 25.6. The molecule has 2 heterocycles. The number of nitrogens with one attached hydrogen (secondary N) is 2. The van der Waals surface area contributed by atoms with Crippen LogP contribution in [0, 0.1) is 0 Å². The van der Waals surface area contributed by atoms with Crippen molar-refractivity contribution in [3.8, 4) is 11.1 Å². The van der Waals surface area contributed by atoms with Gasteiger partial charge in [0.2, 0.25) is 5.91 Å². The van der Waals surface area contributed by atoms with E-state index in [2.05, 4.69) is 34.4 Å². The normalized spacial score (nSPS) is 15.1. The van der Waals surface area contributed by atoms with Gasteiger partial charge in [-0.2, -0.15) is 0 Å². The highest BCUT2D eigenvalue weighted by Gasteiger charge is 2.21. The fourth-order valence-electron chi connectivity index (χ4n) is 4.15. The lowest BCUT2D eigenvalue weighted by atomic mass is 10.1. The second kappa shape index (κ2) is 11.0. The van der Waals surface area contributed by atoms with Gasteiger partial charge in [0, 0.05) is 51.4 Å². The summed E-state index contributed by atoms with van der Waals surface area (Å²) in [5.74, 6) is 0.202. The highest BCUT2D eigenvalue weighted by atomic mass is 32.2. The van der Waals surface area contributed by atoms with Gasteiger partial charge in [-0.3, -0.25) is 15.0 Å². The van der Waals surface area contributed by atoms with Gasteiger partial charge in [-0.1, -0.05) is 29.5 Å². The lowest BCUT2D eigenvalue weighted by Crippen LogP contribution is -2.51. The molecule has 4 rings (SSSR count). The Labute approximate surface area is 211 Å². The number of sulfone groups is 1. The molecule has 8 nitrogen and oxygen atoms in total. The fraction of sp³-hybridized carbons (Fsp3) is 0.440. The maximum absolute atomic E-state index is 12.5. The Morgan fingerprint density at radius 1 is 1.09 bits per heavy atom. The zero-order valence-electron chi connectivity index (χ0n) is 20.5. The summed E-state index contributed by atoms with van der Waals surface area (Å²) in [5, 5.41) is 7.35. The third-order valence-corrected chi connectivity index (χ3v) is 8.35. The molecule has 0 radical (unpaired) electrons. The molecule has 1 amide bonds. The van der Waals surface area contributed by atoms with E-state index in [1.807, 2.05) is 29.2 Å². The van der Waals surface area contributed by atoms with Crippen molar-refractivity contribution in [3.63, 3.8) is 0 Å². The van der Waals surface area contributed by atoms with Crippen molar-refractivity contribution in [3.05, 3.63) is 42.5 Å². The minimum absolute atomic E-state index is 0.202. The molecule has 1 aromatic heterocycles. The van der Waals surface area contributed by atoms with Crippen LogP contribution >= 0.6 is 11.3 Å².